The Balaban J connectivity index is 1.84. The van der Waals surface area contributed by atoms with Crippen molar-refractivity contribution in [3.8, 4) is 5.75 Å². The molecule has 1 saturated carbocycles. The Hall–Kier alpha value is -1.06. The van der Waals surface area contributed by atoms with E-state index in [-0.39, 0.29) is 0 Å². The number of hydrogen-bond donors (Lipinski definition) is 1. The van der Waals surface area contributed by atoms with Crippen molar-refractivity contribution in [2.24, 2.45) is 5.92 Å². The molecule has 0 saturated heterocycles. The molecule has 1 aliphatic carbocycles. The van der Waals surface area contributed by atoms with Gasteiger partial charge in [-0.3, -0.25) is 0 Å². The number of aryl methyl sites for hydroxylation is 2. The van der Waals surface area contributed by atoms with Gasteiger partial charge in [0.1, 0.15) is 5.75 Å². The predicted octanol–water partition coefficient (Wildman–Crippen LogP) is 3.57. The third kappa shape index (κ3) is 4.80. The first-order valence-electron chi connectivity index (χ1n) is 7.72. The number of benzene rings is 1. The molecule has 0 bridgehead atoms. The number of hydrogen-bond acceptors (Lipinski definition) is 3. The lowest BCUT2D eigenvalue weighted by atomic mass is 10.1. The summed E-state index contributed by atoms with van der Waals surface area (Å²) in [6, 6.07) is 4.40. The van der Waals surface area contributed by atoms with Crippen LogP contribution in [0.15, 0.2) is 12.1 Å². The summed E-state index contributed by atoms with van der Waals surface area (Å²) in [5, 5.41) is 3.43. The smallest absolute Gasteiger partial charge is 0.189 e. The van der Waals surface area contributed by atoms with Gasteiger partial charge in [-0.1, -0.05) is 19.1 Å². The molecule has 0 spiro atoms. The molecule has 1 aromatic rings. The minimum Gasteiger partial charge on any atom is -0.467 e. The summed E-state index contributed by atoms with van der Waals surface area (Å²) in [4.78, 5) is 0. The largest absolute Gasteiger partial charge is 0.467 e. The standard InChI is InChI=1S/C17H27NO2/c1-4-7-18-10-16-8-13(2)17(14(3)9-16)20-12-19-11-15-5-6-15/h8-9,15,18H,4-7,10-12H2,1-3H3. The summed E-state index contributed by atoms with van der Waals surface area (Å²) in [6.07, 6.45) is 3.80. The van der Waals surface area contributed by atoms with Gasteiger partial charge < -0.3 is 14.8 Å². The Kier molecular flexibility index (Phi) is 5.86. The quantitative estimate of drug-likeness (QED) is 0.553. The van der Waals surface area contributed by atoms with Crippen molar-refractivity contribution in [1.82, 2.24) is 5.32 Å². The second-order valence-corrected chi connectivity index (χ2v) is 5.81. The van der Waals surface area contributed by atoms with Crippen LogP contribution in [-0.4, -0.2) is 19.9 Å². The van der Waals surface area contributed by atoms with Crippen molar-refractivity contribution in [1.29, 1.82) is 0 Å². The average Bonchev–Trinajstić information content (AvgIpc) is 3.21. The summed E-state index contributed by atoms with van der Waals surface area (Å²) >= 11 is 0. The van der Waals surface area contributed by atoms with E-state index in [0.717, 1.165) is 37.8 Å². The van der Waals surface area contributed by atoms with Gasteiger partial charge in [-0.05, 0) is 62.3 Å². The van der Waals surface area contributed by atoms with Crippen LogP contribution in [0.3, 0.4) is 0 Å². The van der Waals surface area contributed by atoms with Crippen molar-refractivity contribution in [2.75, 3.05) is 19.9 Å². The number of ether oxygens (including phenoxy) is 2. The zero-order valence-corrected chi connectivity index (χ0v) is 13.0. The van der Waals surface area contributed by atoms with Crippen LogP contribution in [0.1, 0.15) is 42.9 Å². The SMILES string of the molecule is CCCNCc1cc(C)c(OCOCC2CC2)c(C)c1. The third-order valence-corrected chi connectivity index (χ3v) is 3.61. The van der Waals surface area contributed by atoms with Crippen LogP contribution in [0.4, 0.5) is 0 Å². The Morgan fingerprint density at radius 1 is 1.20 bits per heavy atom. The third-order valence-electron chi connectivity index (χ3n) is 3.61. The first kappa shape index (κ1) is 15.3. The Bertz CT molecular complexity index is 404. The van der Waals surface area contributed by atoms with Crippen molar-refractivity contribution in [3.05, 3.63) is 28.8 Å². The van der Waals surface area contributed by atoms with E-state index < -0.39 is 0 Å². The predicted molar refractivity (Wildman–Crippen MR) is 82.1 cm³/mol. The maximum atomic E-state index is 5.78. The van der Waals surface area contributed by atoms with E-state index in [9.17, 15) is 0 Å². The first-order valence-corrected chi connectivity index (χ1v) is 7.72. The second kappa shape index (κ2) is 7.65. The zero-order valence-electron chi connectivity index (χ0n) is 13.0. The molecule has 0 heterocycles. The van der Waals surface area contributed by atoms with Crippen LogP contribution < -0.4 is 10.1 Å². The van der Waals surface area contributed by atoms with Gasteiger partial charge in [-0.15, -0.1) is 0 Å². The molecule has 20 heavy (non-hydrogen) atoms. The van der Waals surface area contributed by atoms with E-state index in [0.29, 0.717) is 6.79 Å². The van der Waals surface area contributed by atoms with Crippen molar-refractivity contribution >= 4 is 0 Å². The van der Waals surface area contributed by atoms with E-state index in [1.807, 2.05) is 0 Å². The molecule has 1 aliphatic rings. The molecule has 0 aromatic heterocycles. The lowest BCUT2D eigenvalue weighted by molar-refractivity contribution is 0.00922. The fourth-order valence-corrected chi connectivity index (χ4v) is 2.38. The monoisotopic (exact) mass is 277 g/mol. The van der Waals surface area contributed by atoms with E-state index in [1.165, 1.54) is 29.5 Å². The second-order valence-electron chi connectivity index (χ2n) is 5.81. The molecule has 3 nitrogen and oxygen atoms in total. The van der Waals surface area contributed by atoms with Gasteiger partial charge in [0.15, 0.2) is 6.79 Å². The van der Waals surface area contributed by atoms with Crippen molar-refractivity contribution in [3.63, 3.8) is 0 Å². The minimum atomic E-state index is 0.367. The fourth-order valence-electron chi connectivity index (χ4n) is 2.38. The van der Waals surface area contributed by atoms with Gasteiger partial charge in [0.05, 0.1) is 6.61 Å². The van der Waals surface area contributed by atoms with Gasteiger partial charge in [-0.25, -0.2) is 0 Å². The van der Waals surface area contributed by atoms with Crippen LogP contribution in [0.25, 0.3) is 0 Å². The summed E-state index contributed by atoms with van der Waals surface area (Å²) in [5.74, 6) is 1.76. The van der Waals surface area contributed by atoms with Crippen LogP contribution in [0, 0.1) is 19.8 Å². The van der Waals surface area contributed by atoms with Gasteiger partial charge in [-0.2, -0.15) is 0 Å². The van der Waals surface area contributed by atoms with Gasteiger partial charge in [0.2, 0.25) is 0 Å². The van der Waals surface area contributed by atoms with Crippen LogP contribution in [0.5, 0.6) is 5.75 Å². The maximum absolute atomic E-state index is 5.78. The topological polar surface area (TPSA) is 30.5 Å². The van der Waals surface area contributed by atoms with Gasteiger partial charge >= 0.3 is 0 Å². The van der Waals surface area contributed by atoms with Crippen LogP contribution >= 0.6 is 0 Å². The number of rotatable bonds is 9. The fraction of sp³-hybridized carbons (Fsp3) is 0.647. The van der Waals surface area contributed by atoms with Crippen LogP contribution in [0.2, 0.25) is 0 Å². The summed E-state index contributed by atoms with van der Waals surface area (Å²) in [6.45, 7) is 9.59. The Labute approximate surface area is 122 Å². The molecule has 3 heteroatoms. The van der Waals surface area contributed by atoms with E-state index in [2.05, 4.69) is 38.2 Å². The maximum Gasteiger partial charge on any atom is 0.189 e. The first-order chi connectivity index (χ1) is 9.70. The highest BCUT2D eigenvalue weighted by Gasteiger charge is 2.21. The minimum absolute atomic E-state index is 0.367. The molecular formula is C17H27NO2. The van der Waals surface area contributed by atoms with Gasteiger partial charge in [0, 0.05) is 6.54 Å². The molecule has 112 valence electrons. The molecule has 0 unspecified atom stereocenters. The van der Waals surface area contributed by atoms with E-state index >= 15 is 0 Å². The summed E-state index contributed by atoms with van der Waals surface area (Å²) in [7, 11) is 0. The highest BCUT2D eigenvalue weighted by molar-refractivity contribution is 5.43. The summed E-state index contributed by atoms with van der Waals surface area (Å²) in [5.41, 5.74) is 3.70. The number of nitrogens with one attached hydrogen (secondary N) is 1. The lowest BCUT2D eigenvalue weighted by Gasteiger charge is -2.14. The molecule has 0 radical (unpaired) electrons. The molecule has 2 rings (SSSR count). The highest BCUT2D eigenvalue weighted by Crippen LogP contribution is 2.29. The molecule has 1 aromatic carbocycles. The average molecular weight is 277 g/mol. The molecule has 1 N–H and O–H groups in total. The zero-order chi connectivity index (χ0) is 14.4. The van der Waals surface area contributed by atoms with Crippen LogP contribution in [-0.2, 0) is 11.3 Å². The molecule has 0 aliphatic heterocycles. The Morgan fingerprint density at radius 2 is 1.90 bits per heavy atom. The highest BCUT2D eigenvalue weighted by atomic mass is 16.7. The van der Waals surface area contributed by atoms with E-state index in [4.69, 9.17) is 9.47 Å². The molecule has 1 fully saturated rings. The lowest BCUT2D eigenvalue weighted by Crippen LogP contribution is -2.14. The summed E-state index contributed by atoms with van der Waals surface area (Å²) < 4.78 is 11.3. The van der Waals surface area contributed by atoms with Crippen molar-refractivity contribution in [2.45, 2.75) is 46.6 Å². The Morgan fingerprint density at radius 3 is 2.50 bits per heavy atom. The molecule has 0 atom stereocenters. The van der Waals surface area contributed by atoms with E-state index in [1.54, 1.807) is 0 Å². The van der Waals surface area contributed by atoms with Gasteiger partial charge in [0.25, 0.3) is 0 Å². The molecule has 0 amide bonds. The van der Waals surface area contributed by atoms with Crippen molar-refractivity contribution < 1.29 is 9.47 Å². The normalized spacial score (nSPS) is 14.6. The molecular weight excluding hydrogens is 250 g/mol.